The molecule has 0 radical (unpaired) electrons. The number of carbonyl (C=O) groups is 2. The summed E-state index contributed by atoms with van der Waals surface area (Å²) in [7, 11) is 0. The fourth-order valence-corrected chi connectivity index (χ4v) is 5.18. The Morgan fingerprint density at radius 2 is 1.79 bits per heavy atom. The molecule has 3 aliphatic rings. The Hall–Kier alpha value is -1.89. The van der Waals surface area contributed by atoms with Gasteiger partial charge in [-0.3, -0.25) is 19.2 Å². The van der Waals surface area contributed by atoms with Crippen molar-refractivity contribution in [2.75, 3.05) is 39.3 Å². The summed E-state index contributed by atoms with van der Waals surface area (Å²) in [5.41, 5.74) is 3.20. The van der Waals surface area contributed by atoms with Crippen molar-refractivity contribution in [3.63, 3.8) is 0 Å². The van der Waals surface area contributed by atoms with Crippen molar-refractivity contribution < 1.29 is 9.59 Å². The summed E-state index contributed by atoms with van der Waals surface area (Å²) < 4.78 is 2.11. The number of likely N-dealkylation sites (tertiary alicyclic amines) is 1. The van der Waals surface area contributed by atoms with Crippen LogP contribution in [-0.2, 0) is 24.2 Å². The summed E-state index contributed by atoms with van der Waals surface area (Å²) in [6.07, 6.45) is 9.66. The lowest BCUT2D eigenvalue weighted by molar-refractivity contribution is -0.120. The zero-order valence-corrected chi connectivity index (χ0v) is 17.8. The van der Waals surface area contributed by atoms with E-state index in [1.807, 2.05) is 9.80 Å². The Balaban J connectivity index is 1.54. The van der Waals surface area contributed by atoms with Gasteiger partial charge in [-0.25, -0.2) is 0 Å². The van der Waals surface area contributed by atoms with Crippen LogP contribution in [0.2, 0.25) is 0 Å². The number of fused-ring (bicyclic) bond motifs is 1. The van der Waals surface area contributed by atoms with Crippen LogP contribution in [0.3, 0.4) is 0 Å². The average Bonchev–Trinajstić information content (AvgIpc) is 2.93. The van der Waals surface area contributed by atoms with Gasteiger partial charge in [-0.1, -0.05) is 19.8 Å². The molecule has 1 aliphatic carbocycles. The topological polar surface area (TPSA) is 61.7 Å². The lowest BCUT2D eigenvalue weighted by Gasteiger charge is -2.39. The number of aryl methyl sites for hydroxylation is 1. The summed E-state index contributed by atoms with van der Waals surface area (Å²) >= 11 is 0. The molecule has 1 aromatic heterocycles. The van der Waals surface area contributed by atoms with Crippen molar-refractivity contribution in [3.8, 4) is 0 Å². The van der Waals surface area contributed by atoms with Gasteiger partial charge in [0.1, 0.15) is 0 Å². The second kappa shape index (κ2) is 9.28. The van der Waals surface area contributed by atoms with E-state index in [0.717, 1.165) is 90.7 Å². The number of hydrogen-bond acceptors (Lipinski definition) is 4. The molecule has 3 heterocycles. The molecule has 2 fully saturated rings. The molecule has 160 valence electrons. The summed E-state index contributed by atoms with van der Waals surface area (Å²) in [5.74, 6) is 0.143. The summed E-state index contributed by atoms with van der Waals surface area (Å²) in [6, 6.07) is 0.450. The number of carbonyl (C=O) groups excluding carboxylic acids is 2. The predicted molar refractivity (Wildman–Crippen MR) is 112 cm³/mol. The number of hydrogen-bond donors (Lipinski definition) is 0. The summed E-state index contributed by atoms with van der Waals surface area (Å²) in [4.78, 5) is 30.8. The maximum absolute atomic E-state index is 13.4. The average molecular weight is 402 g/mol. The van der Waals surface area contributed by atoms with Crippen molar-refractivity contribution in [1.29, 1.82) is 0 Å². The lowest BCUT2D eigenvalue weighted by Crippen LogP contribution is -2.51. The molecule has 1 aromatic rings. The normalized spacial score (nSPS) is 23.6. The minimum Gasteiger partial charge on any atom is -0.343 e. The van der Waals surface area contributed by atoms with E-state index in [1.54, 1.807) is 0 Å². The molecule has 7 nitrogen and oxygen atoms in total. The first-order valence-electron chi connectivity index (χ1n) is 11.5. The SMILES string of the molecule is CCCn1nc(C(=O)N2CCCCCC2)c2c1CCC(N1CCN(C=O)CC1)C2. The second-order valence-corrected chi connectivity index (χ2v) is 8.78. The van der Waals surface area contributed by atoms with Crippen LogP contribution >= 0.6 is 0 Å². The quantitative estimate of drug-likeness (QED) is 0.708. The number of rotatable bonds is 5. The van der Waals surface area contributed by atoms with Gasteiger partial charge in [0.25, 0.3) is 5.91 Å². The van der Waals surface area contributed by atoms with Crippen molar-refractivity contribution >= 4 is 12.3 Å². The van der Waals surface area contributed by atoms with Crippen LogP contribution < -0.4 is 0 Å². The molecular weight excluding hydrogens is 366 g/mol. The molecule has 4 rings (SSSR count). The summed E-state index contributed by atoms with van der Waals surface area (Å²) in [6.45, 7) is 8.26. The van der Waals surface area contributed by atoms with Crippen molar-refractivity contribution in [2.45, 2.75) is 70.9 Å². The minimum atomic E-state index is 0.143. The van der Waals surface area contributed by atoms with Gasteiger partial charge in [-0.15, -0.1) is 0 Å². The third-order valence-corrected chi connectivity index (χ3v) is 6.87. The number of aromatic nitrogens is 2. The van der Waals surface area contributed by atoms with Crippen molar-refractivity contribution in [2.24, 2.45) is 0 Å². The fraction of sp³-hybridized carbons (Fsp3) is 0.773. The number of nitrogens with zero attached hydrogens (tertiary/aromatic N) is 5. The zero-order valence-electron chi connectivity index (χ0n) is 17.8. The number of amides is 2. The molecule has 0 bridgehead atoms. The highest BCUT2D eigenvalue weighted by Gasteiger charge is 2.34. The molecule has 2 aliphatic heterocycles. The second-order valence-electron chi connectivity index (χ2n) is 8.78. The van der Waals surface area contributed by atoms with E-state index >= 15 is 0 Å². The maximum Gasteiger partial charge on any atom is 0.274 e. The molecule has 0 spiro atoms. The molecule has 2 amide bonds. The first-order valence-corrected chi connectivity index (χ1v) is 11.5. The van der Waals surface area contributed by atoms with E-state index in [1.165, 1.54) is 24.1 Å². The molecule has 29 heavy (non-hydrogen) atoms. The Morgan fingerprint density at radius 1 is 1.07 bits per heavy atom. The molecule has 1 unspecified atom stereocenters. The van der Waals surface area contributed by atoms with Crippen LogP contribution in [0.4, 0.5) is 0 Å². The fourth-order valence-electron chi connectivity index (χ4n) is 5.18. The smallest absolute Gasteiger partial charge is 0.274 e. The van der Waals surface area contributed by atoms with Crippen LogP contribution in [0.1, 0.15) is 67.2 Å². The maximum atomic E-state index is 13.4. The molecule has 0 aromatic carbocycles. The van der Waals surface area contributed by atoms with Gasteiger partial charge < -0.3 is 9.80 Å². The number of piperazine rings is 1. The lowest BCUT2D eigenvalue weighted by atomic mass is 9.89. The Labute approximate surface area is 174 Å². The first kappa shape index (κ1) is 20.4. The van der Waals surface area contributed by atoms with E-state index < -0.39 is 0 Å². The van der Waals surface area contributed by atoms with E-state index in [-0.39, 0.29) is 5.91 Å². The standard InChI is InChI=1S/C22H35N5O2/c1-2-9-27-20-8-7-18(25-14-12-24(17-28)13-15-25)16-19(20)21(23-27)22(29)26-10-5-3-4-6-11-26/h17-18H,2-16H2,1H3. The molecule has 0 N–H and O–H groups in total. The minimum absolute atomic E-state index is 0.143. The highest BCUT2D eigenvalue weighted by Crippen LogP contribution is 2.29. The van der Waals surface area contributed by atoms with E-state index in [4.69, 9.17) is 5.10 Å². The van der Waals surface area contributed by atoms with Crippen LogP contribution in [0.15, 0.2) is 0 Å². The van der Waals surface area contributed by atoms with E-state index in [9.17, 15) is 9.59 Å². The molecule has 7 heteroatoms. The highest BCUT2D eigenvalue weighted by molar-refractivity contribution is 5.94. The Kier molecular flexibility index (Phi) is 6.53. The van der Waals surface area contributed by atoms with Crippen molar-refractivity contribution in [1.82, 2.24) is 24.5 Å². The first-order chi connectivity index (χ1) is 14.2. The Morgan fingerprint density at radius 3 is 2.45 bits per heavy atom. The molecular formula is C22H35N5O2. The van der Waals surface area contributed by atoms with Crippen LogP contribution in [0.5, 0.6) is 0 Å². The van der Waals surface area contributed by atoms with Gasteiger partial charge in [0.05, 0.1) is 0 Å². The van der Waals surface area contributed by atoms with Crippen molar-refractivity contribution in [3.05, 3.63) is 17.0 Å². The van der Waals surface area contributed by atoms with E-state index in [2.05, 4.69) is 16.5 Å². The predicted octanol–water partition coefficient (Wildman–Crippen LogP) is 1.94. The molecule has 1 atom stereocenters. The molecule has 0 saturated carbocycles. The Bertz CT molecular complexity index is 715. The van der Waals surface area contributed by atoms with Crippen LogP contribution in [-0.4, -0.2) is 82.1 Å². The molecule has 2 saturated heterocycles. The van der Waals surface area contributed by atoms with Crippen LogP contribution in [0, 0.1) is 0 Å². The largest absolute Gasteiger partial charge is 0.343 e. The monoisotopic (exact) mass is 401 g/mol. The summed E-state index contributed by atoms with van der Waals surface area (Å²) in [5, 5.41) is 4.84. The highest BCUT2D eigenvalue weighted by atomic mass is 16.2. The van der Waals surface area contributed by atoms with E-state index in [0.29, 0.717) is 11.7 Å². The third-order valence-electron chi connectivity index (χ3n) is 6.87. The van der Waals surface area contributed by atoms with Crippen LogP contribution in [0.25, 0.3) is 0 Å². The zero-order chi connectivity index (χ0) is 20.2. The van der Waals surface area contributed by atoms with Gasteiger partial charge in [0.15, 0.2) is 5.69 Å². The van der Waals surface area contributed by atoms with Gasteiger partial charge in [-0.2, -0.15) is 5.10 Å². The van der Waals surface area contributed by atoms with Gasteiger partial charge in [0.2, 0.25) is 6.41 Å². The van der Waals surface area contributed by atoms with Gasteiger partial charge in [0, 0.05) is 63.1 Å². The van der Waals surface area contributed by atoms with Gasteiger partial charge >= 0.3 is 0 Å². The third kappa shape index (κ3) is 4.34. The van der Waals surface area contributed by atoms with Gasteiger partial charge in [-0.05, 0) is 38.5 Å².